The van der Waals surface area contributed by atoms with Crippen LogP contribution in [0.4, 0.5) is 0 Å². The minimum Gasteiger partial charge on any atom is -0.373 e. The molecule has 1 N–H and O–H groups in total. The summed E-state index contributed by atoms with van der Waals surface area (Å²) in [6.45, 7) is 10.2. The Morgan fingerprint density at radius 1 is 1.41 bits per heavy atom. The minimum atomic E-state index is -0.0107. The van der Waals surface area contributed by atoms with Crippen molar-refractivity contribution in [2.45, 2.75) is 51.9 Å². The number of hydrogen-bond donors (Lipinski definition) is 1. The molecule has 0 aromatic carbocycles. The predicted octanol–water partition coefficient (Wildman–Crippen LogP) is 1.38. The lowest BCUT2D eigenvalue weighted by Gasteiger charge is -2.35. The zero-order valence-corrected chi connectivity index (χ0v) is 11.3. The second-order valence-electron chi connectivity index (χ2n) is 4.94. The van der Waals surface area contributed by atoms with Crippen molar-refractivity contribution in [1.29, 1.82) is 5.26 Å². The molecule has 1 saturated heterocycles. The van der Waals surface area contributed by atoms with Gasteiger partial charge >= 0.3 is 0 Å². The molecule has 0 aromatic rings. The van der Waals surface area contributed by atoms with Gasteiger partial charge in [-0.3, -0.25) is 4.90 Å². The second kappa shape index (κ2) is 7.65. The van der Waals surface area contributed by atoms with E-state index in [-0.39, 0.29) is 6.04 Å². The van der Waals surface area contributed by atoms with Gasteiger partial charge in [0, 0.05) is 19.6 Å². The van der Waals surface area contributed by atoms with Crippen LogP contribution in [-0.4, -0.2) is 49.3 Å². The van der Waals surface area contributed by atoms with Gasteiger partial charge in [-0.1, -0.05) is 6.92 Å². The highest BCUT2D eigenvalue weighted by atomic mass is 16.5. The molecule has 17 heavy (non-hydrogen) atoms. The third-order valence-corrected chi connectivity index (χ3v) is 3.03. The molecule has 0 aromatic heterocycles. The third kappa shape index (κ3) is 5.49. The summed E-state index contributed by atoms with van der Waals surface area (Å²) in [6, 6.07) is 2.32. The van der Waals surface area contributed by atoms with Crippen molar-refractivity contribution in [3.8, 4) is 6.07 Å². The largest absolute Gasteiger partial charge is 0.373 e. The van der Waals surface area contributed by atoms with E-state index < -0.39 is 0 Å². The summed E-state index contributed by atoms with van der Waals surface area (Å²) in [5.74, 6) is 0. The Morgan fingerprint density at radius 3 is 2.59 bits per heavy atom. The van der Waals surface area contributed by atoms with Gasteiger partial charge in [-0.05, 0) is 33.2 Å². The first kappa shape index (κ1) is 14.4. The van der Waals surface area contributed by atoms with Crippen molar-refractivity contribution in [2.24, 2.45) is 0 Å². The van der Waals surface area contributed by atoms with Crippen molar-refractivity contribution in [2.75, 3.05) is 26.2 Å². The zero-order valence-electron chi connectivity index (χ0n) is 11.3. The van der Waals surface area contributed by atoms with Gasteiger partial charge in [0.1, 0.15) is 0 Å². The molecule has 0 radical (unpaired) electrons. The number of morpholine rings is 1. The summed E-state index contributed by atoms with van der Waals surface area (Å²) in [5.41, 5.74) is 0. The Kier molecular flexibility index (Phi) is 6.49. The molecule has 0 amide bonds. The normalized spacial score (nSPS) is 27.6. The van der Waals surface area contributed by atoms with E-state index in [9.17, 15) is 0 Å². The number of hydrogen-bond acceptors (Lipinski definition) is 4. The van der Waals surface area contributed by atoms with E-state index >= 15 is 0 Å². The van der Waals surface area contributed by atoms with E-state index in [0.717, 1.165) is 39.0 Å². The van der Waals surface area contributed by atoms with Crippen molar-refractivity contribution < 1.29 is 4.74 Å². The van der Waals surface area contributed by atoms with Crippen molar-refractivity contribution in [1.82, 2.24) is 10.2 Å². The first-order valence-corrected chi connectivity index (χ1v) is 6.66. The molecule has 4 nitrogen and oxygen atoms in total. The van der Waals surface area contributed by atoms with Crippen LogP contribution >= 0.6 is 0 Å². The quantitative estimate of drug-likeness (QED) is 0.760. The van der Waals surface area contributed by atoms with Crippen LogP contribution in [0.1, 0.15) is 33.6 Å². The lowest BCUT2D eigenvalue weighted by Crippen LogP contribution is -2.46. The van der Waals surface area contributed by atoms with E-state index in [1.807, 2.05) is 0 Å². The Bertz CT molecular complexity index is 242. The number of nitrogens with zero attached hydrogens (tertiary/aromatic N) is 2. The summed E-state index contributed by atoms with van der Waals surface area (Å²) in [5, 5.41) is 12.3. The number of rotatable bonds is 6. The molecule has 0 aliphatic carbocycles. The van der Waals surface area contributed by atoms with Gasteiger partial charge in [0.15, 0.2) is 0 Å². The predicted molar refractivity (Wildman–Crippen MR) is 68.8 cm³/mol. The topological polar surface area (TPSA) is 48.3 Å². The molecule has 1 unspecified atom stereocenters. The van der Waals surface area contributed by atoms with E-state index in [0.29, 0.717) is 12.2 Å². The van der Waals surface area contributed by atoms with Crippen molar-refractivity contribution in [3.05, 3.63) is 0 Å². The van der Waals surface area contributed by atoms with Gasteiger partial charge in [0.05, 0.1) is 24.3 Å². The van der Waals surface area contributed by atoms with Gasteiger partial charge in [-0.2, -0.15) is 5.26 Å². The molecule has 1 rings (SSSR count). The lowest BCUT2D eigenvalue weighted by atomic mass is 10.1. The van der Waals surface area contributed by atoms with Crippen LogP contribution < -0.4 is 5.32 Å². The maximum atomic E-state index is 9.03. The highest BCUT2D eigenvalue weighted by Crippen LogP contribution is 2.11. The molecule has 0 spiro atoms. The minimum absolute atomic E-state index is 0.0107. The molecule has 0 saturated carbocycles. The molecular formula is C13H25N3O. The van der Waals surface area contributed by atoms with Crippen molar-refractivity contribution >= 4 is 0 Å². The SMILES string of the molecule is CCCNC(C#N)CCN1C[C@@H](C)O[C@@H](C)C1. The average Bonchev–Trinajstić information content (AvgIpc) is 2.28. The van der Waals surface area contributed by atoms with Crippen LogP contribution in [0.5, 0.6) is 0 Å². The first-order valence-electron chi connectivity index (χ1n) is 6.66. The highest BCUT2D eigenvalue weighted by molar-refractivity contribution is 4.90. The molecule has 3 atom stereocenters. The van der Waals surface area contributed by atoms with E-state index in [4.69, 9.17) is 10.00 Å². The maximum Gasteiger partial charge on any atom is 0.0965 e. The standard InChI is InChI=1S/C13H25N3O/c1-4-6-15-13(8-14)5-7-16-9-11(2)17-12(3)10-16/h11-13,15H,4-7,9-10H2,1-3H3/t11-,12+,13?. The van der Waals surface area contributed by atoms with Crippen LogP contribution in [0.15, 0.2) is 0 Å². The third-order valence-electron chi connectivity index (χ3n) is 3.03. The van der Waals surface area contributed by atoms with Crippen LogP contribution in [0.3, 0.4) is 0 Å². The zero-order chi connectivity index (χ0) is 12.7. The van der Waals surface area contributed by atoms with Crippen LogP contribution in [-0.2, 0) is 4.74 Å². The fraction of sp³-hybridized carbons (Fsp3) is 0.923. The summed E-state index contributed by atoms with van der Waals surface area (Å²) in [4.78, 5) is 2.40. The second-order valence-corrected chi connectivity index (χ2v) is 4.94. The molecule has 1 heterocycles. The Hall–Kier alpha value is -0.630. The van der Waals surface area contributed by atoms with Gasteiger partial charge in [0.2, 0.25) is 0 Å². The summed E-state index contributed by atoms with van der Waals surface area (Å²) in [6.07, 6.45) is 2.59. The molecule has 4 heteroatoms. The van der Waals surface area contributed by atoms with E-state index in [1.54, 1.807) is 0 Å². The number of nitrogens with one attached hydrogen (secondary N) is 1. The molecule has 1 aliphatic rings. The maximum absolute atomic E-state index is 9.03. The molecule has 1 fully saturated rings. The van der Waals surface area contributed by atoms with Gasteiger partial charge in [-0.25, -0.2) is 0 Å². The van der Waals surface area contributed by atoms with Gasteiger partial charge in [-0.15, -0.1) is 0 Å². The Balaban J connectivity index is 2.26. The Morgan fingerprint density at radius 2 is 2.06 bits per heavy atom. The molecule has 1 aliphatic heterocycles. The lowest BCUT2D eigenvalue weighted by molar-refractivity contribution is -0.0683. The number of ether oxygens (including phenoxy) is 1. The molecular weight excluding hydrogens is 214 g/mol. The van der Waals surface area contributed by atoms with Gasteiger partial charge < -0.3 is 10.1 Å². The molecule has 98 valence electrons. The van der Waals surface area contributed by atoms with Crippen LogP contribution in [0.25, 0.3) is 0 Å². The fourth-order valence-corrected chi connectivity index (χ4v) is 2.31. The van der Waals surface area contributed by atoms with Crippen LogP contribution in [0.2, 0.25) is 0 Å². The summed E-state index contributed by atoms with van der Waals surface area (Å²) < 4.78 is 5.69. The first-order chi connectivity index (χ1) is 8.15. The molecule has 0 bridgehead atoms. The summed E-state index contributed by atoms with van der Waals surface area (Å²) in [7, 11) is 0. The summed E-state index contributed by atoms with van der Waals surface area (Å²) >= 11 is 0. The van der Waals surface area contributed by atoms with E-state index in [1.165, 1.54) is 0 Å². The van der Waals surface area contributed by atoms with Gasteiger partial charge in [0.25, 0.3) is 0 Å². The number of nitriles is 1. The fourth-order valence-electron chi connectivity index (χ4n) is 2.31. The average molecular weight is 239 g/mol. The van der Waals surface area contributed by atoms with Crippen molar-refractivity contribution in [3.63, 3.8) is 0 Å². The van der Waals surface area contributed by atoms with E-state index in [2.05, 4.69) is 37.1 Å². The monoisotopic (exact) mass is 239 g/mol. The highest BCUT2D eigenvalue weighted by Gasteiger charge is 2.22. The van der Waals surface area contributed by atoms with Crippen LogP contribution in [0, 0.1) is 11.3 Å². The smallest absolute Gasteiger partial charge is 0.0965 e. The Labute approximate surface area is 105 Å².